The van der Waals surface area contributed by atoms with Gasteiger partial charge in [-0.2, -0.15) is 0 Å². The van der Waals surface area contributed by atoms with Gasteiger partial charge in [-0.3, -0.25) is 0 Å². The van der Waals surface area contributed by atoms with E-state index >= 15 is 0 Å². The van der Waals surface area contributed by atoms with E-state index in [2.05, 4.69) is 15.9 Å². The molecule has 78 valence electrons. The van der Waals surface area contributed by atoms with Crippen LogP contribution < -0.4 is 0 Å². The summed E-state index contributed by atoms with van der Waals surface area (Å²) in [5.41, 5.74) is 0.610. The van der Waals surface area contributed by atoms with Gasteiger partial charge in [-0.1, -0.05) is 28.1 Å². The first-order valence-electron chi connectivity index (χ1n) is 4.00. The second-order valence-corrected chi connectivity index (χ2v) is 6.26. The fourth-order valence-corrected chi connectivity index (χ4v) is 2.10. The van der Waals surface area contributed by atoms with Gasteiger partial charge in [0, 0.05) is 10.7 Å². The van der Waals surface area contributed by atoms with E-state index in [1.165, 1.54) is 0 Å². The Labute approximate surface area is 91.8 Å². The third kappa shape index (κ3) is 3.77. The van der Waals surface area contributed by atoms with Crippen molar-refractivity contribution < 1.29 is 13.5 Å². The van der Waals surface area contributed by atoms with E-state index in [-0.39, 0.29) is 5.75 Å². The summed E-state index contributed by atoms with van der Waals surface area (Å²) in [6.07, 6.45) is 0.160. The van der Waals surface area contributed by atoms with Crippen LogP contribution in [0.1, 0.15) is 11.7 Å². The third-order valence-corrected chi connectivity index (χ3v) is 3.17. The lowest BCUT2D eigenvalue weighted by Gasteiger charge is -2.09. The average molecular weight is 279 g/mol. The van der Waals surface area contributed by atoms with E-state index in [1.54, 1.807) is 24.3 Å². The largest absolute Gasteiger partial charge is 0.387 e. The zero-order chi connectivity index (χ0) is 10.8. The van der Waals surface area contributed by atoms with E-state index < -0.39 is 15.9 Å². The van der Waals surface area contributed by atoms with Gasteiger partial charge < -0.3 is 5.11 Å². The summed E-state index contributed by atoms with van der Waals surface area (Å²) in [6.45, 7) is 0. The van der Waals surface area contributed by atoms with Crippen LogP contribution in [-0.2, 0) is 9.84 Å². The molecule has 1 atom stereocenters. The highest BCUT2D eigenvalue weighted by Crippen LogP contribution is 2.17. The third-order valence-electron chi connectivity index (χ3n) is 1.72. The monoisotopic (exact) mass is 278 g/mol. The van der Waals surface area contributed by atoms with Gasteiger partial charge in [0.1, 0.15) is 9.84 Å². The van der Waals surface area contributed by atoms with Gasteiger partial charge in [0.2, 0.25) is 0 Å². The molecule has 0 spiro atoms. The molecule has 0 aliphatic carbocycles. The maximum Gasteiger partial charge on any atom is 0.150 e. The smallest absolute Gasteiger partial charge is 0.150 e. The van der Waals surface area contributed by atoms with Gasteiger partial charge in [0.25, 0.3) is 0 Å². The van der Waals surface area contributed by atoms with Gasteiger partial charge in [-0.05, 0) is 17.7 Å². The molecular weight excluding hydrogens is 268 g/mol. The molecule has 1 N–H and O–H groups in total. The van der Waals surface area contributed by atoms with Crippen molar-refractivity contribution in [3.8, 4) is 0 Å². The molecule has 0 radical (unpaired) electrons. The van der Waals surface area contributed by atoms with E-state index in [4.69, 9.17) is 0 Å². The highest BCUT2D eigenvalue weighted by atomic mass is 79.9. The molecule has 1 aromatic rings. The molecule has 0 saturated heterocycles. The van der Waals surface area contributed by atoms with E-state index in [0.717, 1.165) is 10.7 Å². The number of benzene rings is 1. The average Bonchev–Trinajstić information content (AvgIpc) is 2.02. The zero-order valence-electron chi connectivity index (χ0n) is 7.64. The van der Waals surface area contributed by atoms with Crippen molar-refractivity contribution in [2.45, 2.75) is 6.10 Å². The molecule has 0 aromatic heterocycles. The van der Waals surface area contributed by atoms with Crippen LogP contribution in [0.15, 0.2) is 28.7 Å². The minimum atomic E-state index is -3.14. The molecule has 5 heteroatoms. The second-order valence-electron chi connectivity index (χ2n) is 3.16. The number of hydrogen-bond acceptors (Lipinski definition) is 3. The fraction of sp³-hybridized carbons (Fsp3) is 0.333. The maximum atomic E-state index is 10.9. The lowest BCUT2D eigenvalue weighted by Crippen LogP contribution is -2.12. The molecule has 3 nitrogen and oxygen atoms in total. The molecule has 0 aliphatic rings. The lowest BCUT2D eigenvalue weighted by atomic mass is 10.1. The lowest BCUT2D eigenvalue weighted by molar-refractivity contribution is 0.202. The molecule has 1 aromatic carbocycles. The van der Waals surface area contributed by atoms with Crippen LogP contribution >= 0.6 is 15.9 Å². The Morgan fingerprint density at radius 2 is 1.86 bits per heavy atom. The summed E-state index contributed by atoms with van der Waals surface area (Å²) in [7, 11) is -3.14. The van der Waals surface area contributed by atoms with Gasteiger partial charge in [0.15, 0.2) is 0 Å². The van der Waals surface area contributed by atoms with E-state index in [1.807, 2.05) is 0 Å². The van der Waals surface area contributed by atoms with Crippen LogP contribution in [0.25, 0.3) is 0 Å². The maximum absolute atomic E-state index is 10.9. The first-order chi connectivity index (χ1) is 6.38. The van der Waals surface area contributed by atoms with Crippen LogP contribution in [0.2, 0.25) is 0 Å². The minimum absolute atomic E-state index is 0.241. The van der Waals surface area contributed by atoms with Crippen LogP contribution in [0.3, 0.4) is 0 Å². The van der Waals surface area contributed by atoms with Crippen molar-refractivity contribution in [2.24, 2.45) is 0 Å². The molecule has 0 bridgehead atoms. The quantitative estimate of drug-likeness (QED) is 0.912. The Hall–Kier alpha value is -0.390. The molecule has 0 amide bonds. The summed E-state index contributed by atoms with van der Waals surface area (Å²) in [6, 6.07) is 6.92. The fourth-order valence-electron chi connectivity index (χ4n) is 1.07. The van der Waals surface area contributed by atoms with Crippen molar-refractivity contribution in [1.29, 1.82) is 0 Å². The molecular formula is C9H11BrO3S. The number of halogens is 1. The van der Waals surface area contributed by atoms with Crippen molar-refractivity contribution >= 4 is 25.8 Å². The Kier molecular flexibility index (Phi) is 3.69. The molecule has 0 fully saturated rings. The number of aliphatic hydroxyl groups is 1. The summed E-state index contributed by atoms with van der Waals surface area (Å²) in [4.78, 5) is 0. The predicted octanol–water partition coefficient (Wildman–Crippen LogP) is 1.53. The number of sulfone groups is 1. The van der Waals surface area contributed by atoms with Gasteiger partial charge >= 0.3 is 0 Å². The normalized spacial score (nSPS) is 13.9. The highest BCUT2D eigenvalue weighted by Gasteiger charge is 2.13. The number of hydrogen-bond donors (Lipinski definition) is 1. The number of aliphatic hydroxyl groups excluding tert-OH is 1. The topological polar surface area (TPSA) is 54.4 Å². The van der Waals surface area contributed by atoms with Crippen molar-refractivity contribution in [3.63, 3.8) is 0 Å². The van der Waals surface area contributed by atoms with Crippen LogP contribution in [0.4, 0.5) is 0 Å². The predicted molar refractivity (Wildman–Crippen MR) is 58.8 cm³/mol. The zero-order valence-corrected chi connectivity index (χ0v) is 10.0. The Balaban J connectivity index is 2.80. The highest BCUT2D eigenvalue weighted by molar-refractivity contribution is 9.10. The molecule has 1 rings (SSSR count). The number of rotatable bonds is 3. The Morgan fingerprint density at radius 1 is 1.36 bits per heavy atom. The van der Waals surface area contributed by atoms with Gasteiger partial charge in [-0.15, -0.1) is 0 Å². The summed E-state index contributed by atoms with van der Waals surface area (Å²) in [5, 5.41) is 9.55. The summed E-state index contributed by atoms with van der Waals surface area (Å²) < 4.78 is 22.7. The van der Waals surface area contributed by atoms with Gasteiger partial charge in [-0.25, -0.2) is 8.42 Å². The Bertz CT molecular complexity index is 397. The van der Waals surface area contributed by atoms with Crippen LogP contribution in [0, 0.1) is 0 Å². The SMILES string of the molecule is CS(=O)(=O)C[C@H](O)c1ccc(Br)cc1. The second kappa shape index (κ2) is 4.42. The van der Waals surface area contributed by atoms with Crippen molar-refractivity contribution in [1.82, 2.24) is 0 Å². The minimum Gasteiger partial charge on any atom is -0.387 e. The molecule has 0 unspecified atom stereocenters. The molecule has 0 heterocycles. The van der Waals surface area contributed by atoms with Crippen molar-refractivity contribution in [2.75, 3.05) is 12.0 Å². The van der Waals surface area contributed by atoms with E-state index in [0.29, 0.717) is 5.56 Å². The molecule has 14 heavy (non-hydrogen) atoms. The molecule has 0 aliphatic heterocycles. The van der Waals surface area contributed by atoms with Crippen LogP contribution in [0.5, 0.6) is 0 Å². The molecule has 0 saturated carbocycles. The van der Waals surface area contributed by atoms with E-state index in [9.17, 15) is 13.5 Å². The summed E-state index contributed by atoms with van der Waals surface area (Å²) in [5.74, 6) is -0.241. The Morgan fingerprint density at radius 3 is 2.29 bits per heavy atom. The van der Waals surface area contributed by atoms with Gasteiger partial charge in [0.05, 0.1) is 11.9 Å². The standard InChI is InChI=1S/C9H11BrO3S/c1-14(12,13)6-9(11)7-2-4-8(10)5-3-7/h2-5,9,11H,6H2,1H3/t9-/m0/s1. The summed E-state index contributed by atoms with van der Waals surface area (Å²) >= 11 is 3.26. The first-order valence-corrected chi connectivity index (χ1v) is 6.85. The van der Waals surface area contributed by atoms with Crippen LogP contribution in [-0.4, -0.2) is 25.5 Å². The first kappa shape index (κ1) is 11.7. The van der Waals surface area contributed by atoms with Crippen molar-refractivity contribution in [3.05, 3.63) is 34.3 Å².